The minimum Gasteiger partial charge on any atom is -0.168 e. The van der Waals surface area contributed by atoms with Crippen LogP contribution in [-0.4, -0.2) is 20.4 Å². The quantitative estimate of drug-likeness (QED) is 0.482. The molecule has 1 heterocycles. The molecule has 1 rings (SSSR count). The Labute approximate surface area is 88.8 Å². The highest BCUT2D eigenvalue weighted by atomic mass is 32.2. The van der Waals surface area contributed by atoms with Crippen molar-refractivity contribution in [2.75, 3.05) is 10.2 Å². The maximum absolute atomic E-state index is 4.07. The Morgan fingerprint density at radius 2 is 1.55 bits per heavy atom. The van der Waals surface area contributed by atoms with E-state index in [4.69, 9.17) is 0 Å². The highest BCUT2D eigenvalue weighted by Crippen LogP contribution is 2.29. The van der Waals surface area contributed by atoms with Gasteiger partial charge >= 0.3 is 0 Å². The van der Waals surface area contributed by atoms with Crippen molar-refractivity contribution in [1.82, 2.24) is 10.2 Å². The van der Waals surface area contributed by atoms with Crippen molar-refractivity contribution >= 4 is 60.1 Å². The molecule has 0 radical (unpaired) electrons. The predicted molar refractivity (Wildman–Crippen MR) is 59.3 cm³/mol. The molecule has 0 aliphatic carbocycles. The third kappa shape index (κ3) is 3.45. The smallest absolute Gasteiger partial charge is 0.168 e. The Balaban J connectivity index is 2.51. The van der Waals surface area contributed by atoms with Crippen molar-refractivity contribution in [3.8, 4) is 0 Å². The Morgan fingerprint density at radius 1 is 1.09 bits per heavy atom. The number of thioether (sulfide) groups is 2. The van der Waals surface area contributed by atoms with Crippen LogP contribution in [0.15, 0.2) is 8.68 Å². The van der Waals surface area contributed by atoms with E-state index in [1.165, 1.54) is 0 Å². The molecule has 0 spiro atoms. The summed E-state index contributed by atoms with van der Waals surface area (Å²) >= 11 is 12.9. The van der Waals surface area contributed by atoms with E-state index < -0.39 is 0 Å². The summed E-state index contributed by atoms with van der Waals surface area (Å²) in [7, 11) is 0. The molecule has 0 aromatic carbocycles. The molecule has 0 unspecified atom stereocenters. The van der Waals surface area contributed by atoms with Gasteiger partial charge in [-0.05, 0) is 0 Å². The van der Waals surface area contributed by atoms with Crippen LogP contribution in [-0.2, 0) is 0 Å². The van der Waals surface area contributed by atoms with Gasteiger partial charge in [0.05, 0.1) is 0 Å². The molecule has 0 fully saturated rings. The summed E-state index contributed by atoms with van der Waals surface area (Å²) in [6.45, 7) is 0. The first-order chi connectivity index (χ1) is 5.36. The molecular formula is C4H6N2S5. The second-order valence-electron chi connectivity index (χ2n) is 1.38. The second kappa shape index (κ2) is 5.58. The van der Waals surface area contributed by atoms with E-state index in [1.54, 1.807) is 34.9 Å². The number of hydrogen-bond acceptors (Lipinski definition) is 7. The normalized spacial score (nSPS) is 10.4. The maximum Gasteiger partial charge on any atom is 0.175 e. The lowest BCUT2D eigenvalue weighted by Gasteiger charge is -1.85. The lowest BCUT2D eigenvalue weighted by Crippen LogP contribution is -1.70. The first-order valence-corrected chi connectivity index (χ1v) is 6.73. The second-order valence-corrected chi connectivity index (χ2v) is 6.29. The molecule has 0 saturated heterocycles. The number of hydrogen-bond donors (Lipinski definition) is 2. The van der Waals surface area contributed by atoms with Crippen LogP contribution in [0.4, 0.5) is 0 Å². The number of rotatable bonds is 4. The highest BCUT2D eigenvalue weighted by Gasteiger charge is 2.02. The SMILES string of the molecule is SCSc1nnc(SCS)s1. The third-order valence-corrected chi connectivity index (χ3v) is 4.17. The van der Waals surface area contributed by atoms with Crippen LogP contribution in [0.2, 0.25) is 0 Å². The van der Waals surface area contributed by atoms with E-state index in [0.29, 0.717) is 0 Å². The molecule has 1 aromatic heterocycles. The number of aromatic nitrogens is 2. The molecule has 0 N–H and O–H groups in total. The fourth-order valence-electron chi connectivity index (χ4n) is 0.424. The van der Waals surface area contributed by atoms with Gasteiger partial charge in [0, 0.05) is 10.2 Å². The van der Waals surface area contributed by atoms with E-state index in [9.17, 15) is 0 Å². The molecule has 0 bridgehead atoms. The van der Waals surface area contributed by atoms with Crippen molar-refractivity contribution in [2.24, 2.45) is 0 Å². The summed E-state index contributed by atoms with van der Waals surface area (Å²) in [5.41, 5.74) is 0. The van der Waals surface area contributed by atoms with Crippen molar-refractivity contribution in [3.05, 3.63) is 0 Å². The summed E-state index contributed by atoms with van der Waals surface area (Å²) in [6, 6.07) is 0. The zero-order valence-corrected chi connectivity index (χ0v) is 9.67. The minimum atomic E-state index is 0.750. The molecule has 0 amide bonds. The van der Waals surface area contributed by atoms with Crippen LogP contribution in [0.5, 0.6) is 0 Å². The zero-order valence-electron chi connectivity index (χ0n) is 5.43. The van der Waals surface area contributed by atoms with E-state index in [0.717, 1.165) is 18.8 Å². The van der Waals surface area contributed by atoms with Gasteiger partial charge in [-0.25, -0.2) is 0 Å². The first kappa shape index (κ1) is 10.0. The summed E-state index contributed by atoms with van der Waals surface area (Å²) in [5.74, 6) is 0. The highest BCUT2D eigenvalue weighted by molar-refractivity contribution is 8.12. The van der Waals surface area contributed by atoms with Gasteiger partial charge in [0.25, 0.3) is 0 Å². The van der Waals surface area contributed by atoms with E-state index in [1.807, 2.05) is 0 Å². The monoisotopic (exact) mass is 242 g/mol. The number of thiol groups is 2. The third-order valence-electron chi connectivity index (χ3n) is 0.764. The lowest BCUT2D eigenvalue weighted by atomic mass is 11.5. The van der Waals surface area contributed by atoms with Gasteiger partial charge in [-0.2, -0.15) is 25.3 Å². The van der Waals surface area contributed by atoms with Crippen LogP contribution in [0, 0.1) is 0 Å². The largest absolute Gasteiger partial charge is 0.175 e. The summed E-state index contributed by atoms with van der Waals surface area (Å²) in [4.78, 5) is 0. The maximum atomic E-state index is 4.07. The van der Waals surface area contributed by atoms with E-state index >= 15 is 0 Å². The van der Waals surface area contributed by atoms with Gasteiger partial charge in [0.2, 0.25) is 0 Å². The first-order valence-electron chi connectivity index (χ1n) is 2.67. The molecule has 2 nitrogen and oxygen atoms in total. The minimum absolute atomic E-state index is 0.750. The Kier molecular flexibility index (Phi) is 5.09. The zero-order chi connectivity index (χ0) is 8.10. The summed E-state index contributed by atoms with van der Waals surface area (Å²) < 4.78 is 1.95. The average molecular weight is 242 g/mol. The van der Waals surface area contributed by atoms with Crippen molar-refractivity contribution in [2.45, 2.75) is 8.68 Å². The van der Waals surface area contributed by atoms with Crippen LogP contribution in [0.1, 0.15) is 0 Å². The van der Waals surface area contributed by atoms with Crippen LogP contribution < -0.4 is 0 Å². The van der Waals surface area contributed by atoms with Crippen molar-refractivity contribution in [3.63, 3.8) is 0 Å². The van der Waals surface area contributed by atoms with Gasteiger partial charge in [0.1, 0.15) is 0 Å². The molecule has 0 aliphatic heterocycles. The Morgan fingerprint density at radius 3 is 1.91 bits per heavy atom. The standard InChI is InChI=1S/C4H6N2S5/c7-1-9-3-5-6-4(11-3)10-2-8/h7-8H,1-2H2. The van der Waals surface area contributed by atoms with Crippen LogP contribution in [0.3, 0.4) is 0 Å². The van der Waals surface area contributed by atoms with Gasteiger partial charge in [-0.3, -0.25) is 0 Å². The molecule has 7 heteroatoms. The molecule has 1 aromatic rings. The molecular weight excluding hydrogens is 236 g/mol. The van der Waals surface area contributed by atoms with Crippen LogP contribution in [0.25, 0.3) is 0 Å². The van der Waals surface area contributed by atoms with Gasteiger partial charge in [-0.15, -0.1) is 10.2 Å². The predicted octanol–water partition coefficient (Wildman–Crippen LogP) is 2.50. The molecule has 0 atom stereocenters. The fourth-order valence-corrected chi connectivity index (χ4v) is 3.87. The fraction of sp³-hybridized carbons (Fsp3) is 0.500. The van der Waals surface area contributed by atoms with Gasteiger partial charge < -0.3 is 0 Å². The summed E-state index contributed by atoms with van der Waals surface area (Å²) in [5, 5.41) is 9.41. The number of nitrogens with zero attached hydrogens (tertiary/aromatic N) is 2. The van der Waals surface area contributed by atoms with Gasteiger partial charge in [0.15, 0.2) is 8.68 Å². The van der Waals surface area contributed by atoms with Crippen LogP contribution >= 0.6 is 60.1 Å². The molecule has 0 aliphatic rings. The van der Waals surface area contributed by atoms with Crippen molar-refractivity contribution < 1.29 is 0 Å². The Hall–Kier alpha value is 0.960. The molecule has 11 heavy (non-hydrogen) atoms. The topological polar surface area (TPSA) is 25.8 Å². The van der Waals surface area contributed by atoms with E-state index in [2.05, 4.69) is 35.5 Å². The van der Waals surface area contributed by atoms with Crippen molar-refractivity contribution in [1.29, 1.82) is 0 Å². The molecule has 62 valence electrons. The molecule has 0 saturated carbocycles. The summed E-state index contributed by atoms with van der Waals surface area (Å²) in [6.07, 6.45) is 0. The lowest BCUT2D eigenvalue weighted by molar-refractivity contribution is 0.956. The average Bonchev–Trinajstić information content (AvgIpc) is 2.38. The van der Waals surface area contributed by atoms with Gasteiger partial charge in [-0.1, -0.05) is 34.9 Å². The Bertz CT molecular complexity index is 192. The van der Waals surface area contributed by atoms with E-state index in [-0.39, 0.29) is 0 Å².